The Morgan fingerprint density at radius 3 is 2.35 bits per heavy atom. The Morgan fingerprint density at radius 1 is 1.15 bits per heavy atom. The number of piperidine rings is 2. The van der Waals surface area contributed by atoms with Crippen molar-refractivity contribution < 1.29 is 9.53 Å². The second kappa shape index (κ2) is 6.33. The molecule has 2 fully saturated rings. The molecule has 0 saturated carbocycles. The molecule has 1 amide bonds. The molecule has 20 heavy (non-hydrogen) atoms. The van der Waals surface area contributed by atoms with Crippen LogP contribution in [0.3, 0.4) is 0 Å². The molecular weight excluding hydrogens is 252 g/mol. The van der Waals surface area contributed by atoms with Crippen molar-refractivity contribution in [1.82, 2.24) is 10.2 Å². The van der Waals surface area contributed by atoms with Gasteiger partial charge in [-0.15, -0.1) is 0 Å². The predicted octanol–water partition coefficient (Wildman–Crippen LogP) is 3.16. The molecule has 2 rings (SSSR count). The molecule has 116 valence electrons. The first-order valence-corrected chi connectivity index (χ1v) is 8.09. The fourth-order valence-corrected chi connectivity index (χ4v) is 3.36. The Morgan fingerprint density at radius 2 is 1.80 bits per heavy atom. The van der Waals surface area contributed by atoms with E-state index >= 15 is 0 Å². The van der Waals surface area contributed by atoms with Crippen LogP contribution in [0.4, 0.5) is 4.79 Å². The maximum absolute atomic E-state index is 12.0. The molecule has 4 heteroatoms. The molecule has 0 aromatic heterocycles. The highest BCUT2D eigenvalue weighted by Crippen LogP contribution is 2.27. The van der Waals surface area contributed by atoms with Crippen LogP contribution in [0.1, 0.15) is 59.8 Å². The van der Waals surface area contributed by atoms with Gasteiger partial charge in [0, 0.05) is 25.2 Å². The van der Waals surface area contributed by atoms with Crippen molar-refractivity contribution in [1.29, 1.82) is 0 Å². The van der Waals surface area contributed by atoms with Crippen molar-refractivity contribution in [3.05, 3.63) is 0 Å². The van der Waals surface area contributed by atoms with Gasteiger partial charge >= 0.3 is 6.09 Å². The summed E-state index contributed by atoms with van der Waals surface area (Å²) in [6.07, 6.45) is 5.98. The van der Waals surface area contributed by atoms with Crippen LogP contribution < -0.4 is 5.32 Å². The molecule has 2 aliphatic heterocycles. The minimum absolute atomic E-state index is 0.152. The highest BCUT2D eigenvalue weighted by molar-refractivity contribution is 5.68. The van der Waals surface area contributed by atoms with E-state index in [-0.39, 0.29) is 6.09 Å². The standard InChI is InChI=1S/C16H30N2O2/c1-12-6-5-7-14(17-12)13-8-10-18(11-9-13)15(19)20-16(2,3)4/h12-14,17H,5-11H2,1-4H3/t12-,14-/m1/s1. The number of carbonyl (C=O) groups excluding carboxylic acids is 1. The van der Waals surface area contributed by atoms with Gasteiger partial charge in [-0.1, -0.05) is 6.42 Å². The van der Waals surface area contributed by atoms with Crippen LogP contribution in [-0.4, -0.2) is 41.8 Å². The van der Waals surface area contributed by atoms with E-state index in [1.807, 2.05) is 25.7 Å². The number of hydrogen-bond donors (Lipinski definition) is 1. The third-order valence-corrected chi connectivity index (χ3v) is 4.41. The Kier molecular flexibility index (Phi) is 4.95. The van der Waals surface area contributed by atoms with Gasteiger partial charge in [-0.05, 0) is 59.3 Å². The first-order valence-electron chi connectivity index (χ1n) is 8.09. The third kappa shape index (κ3) is 4.37. The summed E-state index contributed by atoms with van der Waals surface area (Å²) in [5.74, 6) is 0.719. The van der Waals surface area contributed by atoms with E-state index in [9.17, 15) is 4.79 Å². The molecule has 0 spiro atoms. The summed E-state index contributed by atoms with van der Waals surface area (Å²) in [6, 6.07) is 1.30. The normalized spacial score (nSPS) is 29.3. The van der Waals surface area contributed by atoms with E-state index in [4.69, 9.17) is 4.74 Å². The van der Waals surface area contributed by atoms with Gasteiger partial charge in [0.25, 0.3) is 0 Å². The Balaban J connectivity index is 1.78. The lowest BCUT2D eigenvalue weighted by Crippen LogP contribution is -2.49. The molecule has 2 atom stereocenters. The lowest BCUT2D eigenvalue weighted by Gasteiger charge is -2.40. The second-order valence-corrected chi connectivity index (χ2v) is 7.41. The first kappa shape index (κ1) is 15.6. The molecule has 0 radical (unpaired) electrons. The van der Waals surface area contributed by atoms with Crippen molar-refractivity contribution in [2.24, 2.45) is 5.92 Å². The Labute approximate surface area is 123 Å². The molecule has 0 aliphatic carbocycles. The summed E-state index contributed by atoms with van der Waals surface area (Å²) in [4.78, 5) is 13.9. The second-order valence-electron chi connectivity index (χ2n) is 7.41. The van der Waals surface area contributed by atoms with Gasteiger partial charge in [0.2, 0.25) is 0 Å². The number of nitrogens with one attached hydrogen (secondary N) is 1. The molecule has 0 unspecified atom stereocenters. The average molecular weight is 282 g/mol. The van der Waals surface area contributed by atoms with Crippen LogP contribution in [0.2, 0.25) is 0 Å². The zero-order chi connectivity index (χ0) is 14.8. The average Bonchev–Trinajstić information content (AvgIpc) is 2.37. The van der Waals surface area contributed by atoms with Crippen LogP contribution in [0.5, 0.6) is 0 Å². The van der Waals surface area contributed by atoms with Gasteiger partial charge in [0.15, 0.2) is 0 Å². The van der Waals surface area contributed by atoms with E-state index < -0.39 is 5.60 Å². The number of likely N-dealkylation sites (tertiary alicyclic amines) is 1. The Bertz CT molecular complexity index is 330. The van der Waals surface area contributed by atoms with Crippen molar-refractivity contribution in [3.63, 3.8) is 0 Å². The number of nitrogens with zero attached hydrogens (tertiary/aromatic N) is 1. The lowest BCUT2D eigenvalue weighted by atomic mass is 9.84. The van der Waals surface area contributed by atoms with Gasteiger partial charge < -0.3 is 15.0 Å². The Hall–Kier alpha value is -0.770. The van der Waals surface area contributed by atoms with Crippen molar-refractivity contribution in [2.45, 2.75) is 77.5 Å². The molecular formula is C16H30N2O2. The van der Waals surface area contributed by atoms with Gasteiger partial charge in [-0.25, -0.2) is 4.79 Å². The summed E-state index contributed by atoms with van der Waals surface area (Å²) < 4.78 is 5.45. The quantitative estimate of drug-likeness (QED) is 0.803. The summed E-state index contributed by atoms with van der Waals surface area (Å²) in [6.45, 7) is 9.72. The summed E-state index contributed by atoms with van der Waals surface area (Å²) >= 11 is 0. The van der Waals surface area contributed by atoms with E-state index in [0.29, 0.717) is 12.1 Å². The highest BCUT2D eigenvalue weighted by Gasteiger charge is 2.32. The molecule has 2 saturated heterocycles. The van der Waals surface area contributed by atoms with Crippen molar-refractivity contribution in [3.8, 4) is 0 Å². The molecule has 2 heterocycles. The molecule has 4 nitrogen and oxygen atoms in total. The monoisotopic (exact) mass is 282 g/mol. The maximum atomic E-state index is 12.0. The van der Waals surface area contributed by atoms with Crippen LogP contribution in [0, 0.1) is 5.92 Å². The topological polar surface area (TPSA) is 41.6 Å². The maximum Gasteiger partial charge on any atom is 0.410 e. The van der Waals surface area contributed by atoms with E-state index in [1.165, 1.54) is 19.3 Å². The fourth-order valence-electron chi connectivity index (χ4n) is 3.36. The van der Waals surface area contributed by atoms with Crippen LogP contribution in [-0.2, 0) is 4.74 Å². The van der Waals surface area contributed by atoms with Gasteiger partial charge in [0.05, 0.1) is 0 Å². The molecule has 0 aromatic carbocycles. The van der Waals surface area contributed by atoms with Crippen molar-refractivity contribution >= 4 is 6.09 Å². The smallest absolute Gasteiger partial charge is 0.410 e. The number of carbonyl (C=O) groups is 1. The van der Waals surface area contributed by atoms with Crippen LogP contribution in [0.25, 0.3) is 0 Å². The number of amides is 1. The van der Waals surface area contributed by atoms with E-state index in [2.05, 4.69) is 12.2 Å². The van der Waals surface area contributed by atoms with Gasteiger partial charge in [-0.2, -0.15) is 0 Å². The molecule has 0 bridgehead atoms. The minimum Gasteiger partial charge on any atom is -0.444 e. The van der Waals surface area contributed by atoms with Gasteiger partial charge in [-0.3, -0.25) is 0 Å². The fraction of sp³-hybridized carbons (Fsp3) is 0.938. The summed E-state index contributed by atoms with van der Waals surface area (Å²) in [7, 11) is 0. The highest BCUT2D eigenvalue weighted by atomic mass is 16.6. The predicted molar refractivity (Wildman–Crippen MR) is 80.8 cm³/mol. The minimum atomic E-state index is -0.395. The van der Waals surface area contributed by atoms with Crippen LogP contribution >= 0.6 is 0 Å². The number of rotatable bonds is 1. The zero-order valence-corrected chi connectivity index (χ0v) is 13.4. The number of ether oxygens (including phenoxy) is 1. The third-order valence-electron chi connectivity index (χ3n) is 4.41. The van der Waals surface area contributed by atoms with Gasteiger partial charge in [0.1, 0.15) is 5.60 Å². The van der Waals surface area contributed by atoms with E-state index in [0.717, 1.165) is 31.8 Å². The molecule has 0 aromatic rings. The summed E-state index contributed by atoms with van der Waals surface area (Å²) in [5, 5.41) is 3.73. The lowest BCUT2D eigenvalue weighted by molar-refractivity contribution is 0.0161. The van der Waals surface area contributed by atoms with Crippen molar-refractivity contribution in [2.75, 3.05) is 13.1 Å². The van der Waals surface area contributed by atoms with E-state index in [1.54, 1.807) is 0 Å². The summed E-state index contributed by atoms with van der Waals surface area (Å²) in [5.41, 5.74) is -0.395. The number of hydrogen-bond acceptors (Lipinski definition) is 3. The molecule has 1 N–H and O–H groups in total. The zero-order valence-electron chi connectivity index (χ0n) is 13.4. The van der Waals surface area contributed by atoms with Crippen LogP contribution in [0.15, 0.2) is 0 Å². The molecule has 2 aliphatic rings. The largest absolute Gasteiger partial charge is 0.444 e. The SMILES string of the molecule is C[C@@H]1CCC[C@H](C2CCN(C(=O)OC(C)(C)C)CC2)N1. The first-order chi connectivity index (χ1) is 9.35.